The first-order valence-corrected chi connectivity index (χ1v) is 9.60. The number of phenolic OH excluding ortho intramolecular Hbond substituents is 1. The summed E-state index contributed by atoms with van der Waals surface area (Å²) in [5.41, 5.74) is 1.76. The minimum Gasteiger partial charge on any atom is -0.504 e. The van der Waals surface area contributed by atoms with E-state index in [1.54, 1.807) is 22.3 Å². The van der Waals surface area contributed by atoms with Crippen molar-refractivity contribution in [3.8, 4) is 21.9 Å². The summed E-state index contributed by atoms with van der Waals surface area (Å²) in [4.78, 5) is 16.9. The average Bonchev–Trinajstić information content (AvgIpc) is 2.97. The number of phenols is 1. The number of nitrogens with one attached hydrogen (secondary N) is 1. The van der Waals surface area contributed by atoms with Gasteiger partial charge in [-0.05, 0) is 36.8 Å². The zero-order chi connectivity index (χ0) is 18.1. The fourth-order valence-corrected chi connectivity index (χ4v) is 4.20. The first-order valence-electron chi connectivity index (χ1n) is 8.78. The molecule has 3 heterocycles. The molecule has 1 saturated heterocycles. The van der Waals surface area contributed by atoms with E-state index in [-0.39, 0.29) is 11.7 Å². The third-order valence-corrected chi connectivity index (χ3v) is 5.70. The smallest absolute Gasteiger partial charge is 0.253 e. The van der Waals surface area contributed by atoms with E-state index in [1.165, 1.54) is 4.88 Å². The molecule has 0 radical (unpaired) electrons. The number of rotatable bonds is 2. The molecule has 2 N–H and O–H groups in total. The molecule has 4 rings (SSSR count). The Morgan fingerprint density at radius 3 is 2.96 bits per heavy atom. The second-order valence-corrected chi connectivity index (χ2v) is 7.85. The average molecular weight is 374 g/mol. The monoisotopic (exact) mass is 374 g/mol. The molecule has 0 spiro atoms. The highest BCUT2D eigenvalue weighted by atomic mass is 32.1. The van der Waals surface area contributed by atoms with Gasteiger partial charge in [-0.25, -0.2) is 0 Å². The van der Waals surface area contributed by atoms with Crippen LogP contribution in [0.15, 0.2) is 24.3 Å². The van der Waals surface area contributed by atoms with Gasteiger partial charge in [-0.3, -0.25) is 4.79 Å². The normalized spacial score (nSPS) is 20.2. The lowest BCUT2D eigenvalue weighted by molar-refractivity contribution is -0.146. The summed E-state index contributed by atoms with van der Waals surface area (Å²) >= 11 is 1.67. The summed E-state index contributed by atoms with van der Waals surface area (Å²) < 4.78 is 11.3. The number of thiophene rings is 1. The number of hydrogen-bond acceptors (Lipinski definition) is 6. The number of carbonyl (C=O) groups is 1. The molecule has 0 unspecified atom stereocenters. The molecule has 2 aromatic rings. The highest BCUT2D eigenvalue weighted by Crippen LogP contribution is 2.39. The number of ether oxygens (including phenoxy) is 2. The van der Waals surface area contributed by atoms with Crippen LogP contribution in [0, 0.1) is 6.92 Å². The summed E-state index contributed by atoms with van der Waals surface area (Å²) in [6.07, 6.45) is -0.456. The van der Waals surface area contributed by atoms with Gasteiger partial charge in [0.15, 0.2) is 11.5 Å². The molecule has 26 heavy (non-hydrogen) atoms. The van der Waals surface area contributed by atoms with Crippen molar-refractivity contribution in [2.45, 2.75) is 19.6 Å². The molecule has 2 aliphatic rings. The van der Waals surface area contributed by atoms with E-state index in [4.69, 9.17) is 9.47 Å². The van der Waals surface area contributed by atoms with Crippen molar-refractivity contribution in [3.63, 3.8) is 0 Å². The number of aromatic hydroxyl groups is 1. The summed E-state index contributed by atoms with van der Waals surface area (Å²) in [6, 6.07) is 7.84. The van der Waals surface area contributed by atoms with Crippen LogP contribution in [0.5, 0.6) is 11.5 Å². The van der Waals surface area contributed by atoms with Gasteiger partial charge < -0.3 is 24.8 Å². The van der Waals surface area contributed by atoms with Crippen LogP contribution in [0.4, 0.5) is 0 Å². The highest BCUT2D eigenvalue weighted by molar-refractivity contribution is 7.15. The van der Waals surface area contributed by atoms with E-state index in [0.29, 0.717) is 38.6 Å². The van der Waals surface area contributed by atoms with Crippen molar-refractivity contribution in [3.05, 3.63) is 34.7 Å². The molecule has 1 aromatic heterocycles. The van der Waals surface area contributed by atoms with Gasteiger partial charge in [0.25, 0.3) is 5.91 Å². The molecule has 1 amide bonds. The van der Waals surface area contributed by atoms with Gasteiger partial charge in [0.2, 0.25) is 0 Å². The summed E-state index contributed by atoms with van der Waals surface area (Å²) in [5.74, 6) is 0.555. The van der Waals surface area contributed by atoms with Crippen molar-refractivity contribution in [1.82, 2.24) is 10.2 Å². The van der Waals surface area contributed by atoms with E-state index in [1.807, 2.05) is 12.1 Å². The Bertz CT molecular complexity index is 814. The zero-order valence-corrected chi connectivity index (χ0v) is 15.5. The number of morpholine rings is 1. The molecule has 6 nitrogen and oxygen atoms in total. The fraction of sp³-hybridized carbons (Fsp3) is 0.421. The van der Waals surface area contributed by atoms with Gasteiger partial charge in [-0.15, -0.1) is 11.3 Å². The van der Waals surface area contributed by atoms with Gasteiger partial charge in [0, 0.05) is 35.0 Å². The lowest BCUT2D eigenvalue weighted by Gasteiger charge is -2.28. The van der Waals surface area contributed by atoms with Crippen LogP contribution in [0.2, 0.25) is 0 Å². The highest BCUT2D eigenvalue weighted by Gasteiger charge is 2.29. The zero-order valence-electron chi connectivity index (χ0n) is 14.7. The first-order chi connectivity index (χ1) is 12.6. The van der Waals surface area contributed by atoms with E-state index in [2.05, 4.69) is 18.3 Å². The van der Waals surface area contributed by atoms with Crippen LogP contribution in [0.3, 0.4) is 0 Å². The van der Waals surface area contributed by atoms with Crippen molar-refractivity contribution in [2.75, 3.05) is 32.8 Å². The van der Waals surface area contributed by atoms with Gasteiger partial charge in [-0.2, -0.15) is 0 Å². The molecule has 0 aliphatic carbocycles. The maximum atomic E-state index is 12.8. The van der Waals surface area contributed by atoms with Gasteiger partial charge >= 0.3 is 0 Å². The minimum absolute atomic E-state index is 0.0366. The lowest BCUT2D eigenvalue weighted by Crippen LogP contribution is -2.49. The van der Waals surface area contributed by atoms with E-state index in [9.17, 15) is 9.90 Å². The first kappa shape index (κ1) is 17.3. The van der Waals surface area contributed by atoms with Crippen molar-refractivity contribution in [1.29, 1.82) is 0 Å². The third-order valence-electron chi connectivity index (χ3n) is 4.65. The number of hydrogen-bond donors (Lipinski definition) is 2. The number of carbonyl (C=O) groups excluding carboxylic acids is 1. The maximum Gasteiger partial charge on any atom is 0.253 e. The lowest BCUT2D eigenvalue weighted by atomic mass is 10.1. The molecule has 2 aliphatic heterocycles. The van der Waals surface area contributed by atoms with Crippen LogP contribution in [-0.2, 0) is 16.1 Å². The topological polar surface area (TPSA) is 71.0 Å². The summed E-state index contributed by atoms with van der Waals surface area (Å²) in [7, 11) is 0. The largest absolute Gasteiger partial charge is 0.504 e. The second kappa shape index (κ2) is 7.26. The van der Waals surface area contributed by atoms with Gasteiger partial charge in [-0.1, -0.05) is 0 Å². The van der Waals surface area contributed by atoms with Crippen molar-refractivity contribution < 1.29 is 19.4 Å². The summed E-state index contributed by atoms with van der Waals surface area (Å²) in [6.45, 7) is 5.12. The number of aryl methyl sites for hydroxylation is 1. The number of fused-ring (bicyclic) bond motifs is 1. The molecule has 0 bridgehead atoms. The molecule has 0 saturated carbocycles. The van der Waals surface area contributed by atoms with E-state index >= 15 is 0 Å². The Kier molecular flexibility index (Phi) is 4.84. The molecule has 1 fully saturated rings. The Morgan fingerprint density at radius 1 is 1.35 bits per heavy atom. The molecular weight excluding hydrogens is 352 g/mol. The van der Waals surface area contributed by atoms with E-state index in [0.717, 1.165) is 22.5 Å². The van der Waals surface area contributed by atoms with Gasteiger partial charge in [0.05, 0.1) is 13.2 Å². The predicted octanol–water partition coefficient (Wildman–Crippen LogP) is 2.14. The quantitative estimate of drug-likeness (QED) is 0.843. The minimum atomic E-state index is -0.456. The third kappa shape index (κ3) is 3.42. The second-order valence-electron chi connectivity index (χ2n) is 6.57. The Labute approximate surface area is 156 Å². The standard InChI is InChI=1S/C19H22N2O4S/c1-12-2-3-17(26-12)13-8-14-11-21(5-7-25-18(14)15(22)9-13)19(23)16-10-20-4-6-24-16/h2-3,8-9,16,20,22H,4-7,10-11H2,1H3/t16-/m1/s1. The number of nitrogens with zero attached hydrogens (tertiary/aromatic N) is 1. The van der Waals surface area contributed by atoms with Crippen molar-refractivity contribution >= 4 is 17.2 Å². The molecule has 138 valence electrons. The van der Waals surface area contributed by atoms with Crippen LogP contribution < -0.4 is 10.1 Å². The number of benzene rings is 1. The van der Waals surface area contributed by atoms with Crippen LogP contribution in [-0.4, -0.2) is 54.9 Å². The van der Waals surface area contributed by atoms with Crippen LogP contribution in [0.1, 0.15) is 10.4 Å². The van der Waals surface area contributed by atoms with Gasteiger partial charge in [0.1, 0.15) is 12.7 Å². The predicted molar refractivity (Wildman–Crippen MR) is 99.7 cm³/mol. The van der Waals surface area contributed by atoms with Crippen molar-refractivity contribution in [2.24, 2.45) is 0 Å². The molecular formula is C19H22N2O4S. The number of amides is 1. The fourth-order valence-electron chi connectivity index (χ4n) is 3.35. The van der Waals surface area contributed by atoms with E-state index < -0.39 is 6.10 Å². The molecule has 1 atom stereocenters. The van der Waals surface area contributed by atoms with Crippen LogP contribution >= 0.6 is 11.3 Å². The Morgan fingerprint density at radius 2 is 2.23 bits per heavy atom. The summed E-state index contributed by atoms with van der Waals surface area (Å²) in [5, 5.41) is 13.6. The SMILES string of the molecule is Cc1ccc(-c2cc(O)c3c(c2)CN(C(=O)[C@H]2CNCCO2)CCO3)s1. The Balaban J connectivity index is 1.62. The molecule has 1 aromatic carbocycles. The maximum absolute atomic E-state index is 12.8. The van der Waals surface area contributed by atoms with Crippen LogP contribution in [0.25, 0.3) is 10.4 Å². The Hall–Kier alpha value is -2.09. The molecule has 7 heteroatoms.